The van der Waals surface area contributed by atoms with Crippen LogP contribution < -0.4 is 5.32 Å². The fraction of sp³-hybridized carbons (Fsp3) is 0.480. The number of rotatable bonds is 6. The highest BCUT2D eigenvalue weighted by molar-refractivity contribution is 5.79. The molecule has 4 rings (SSSR count). The van der Waals surface area contributed by atoms with Gasteiger partial charge < -0.3 is 10.1 Å². The summed E-state index contributed by atoms with van der Waals surface area (Å²) in [6, 6.07) is 11.1. The van der Waals surface area contributed by atoms with Gasteiger partial charge in [-0.05, 0) is 60.6 Å². The molecular formula is C25H28F4N2O2. The van der Waals surface area contributed by atoms with Gasteiger partial charge in [0.05, 0.1) is 11.5 Å². The Morgan fingerprint density at radius 1 is 1.09 bits per heavy atom. The maximum Gasteiger partial charge on any atom is 0.416 e. The lowest BCUT2D eigenvalue weighted by atomic mass is 9.96. The van der Waals surface area contributed by atoms with E-state index in [1.165, 1.54) is 24.3 Å². The Labute approximate surface area is 190 Å². The number of ether oxygens (including phenoxy) is 1. The molecule has 2 atom stereocenters. The lowest BCUT2D eigenvalue weighted by molar-refractivity contribution is -0.137. The summed E-state index contributed by atoms with van der Waals surface area (Å²) in [5, 5.41) is 2.90. The first-order chi connectivity index (χ1) is 15.8. The van der Waals surface area contributed by atoms with E-state index in [9.17, 15) is 22.4 Å². The van der Waals surface area contributed by atoms with Gasteiger partial charge in [-0.1, -0.05) is 24.3 Å². The number of carbonyl (C=O) groups excluding carboxylic acids is 1. The molecule has 1 N–H and O–H groups in total. The van der Waals surface area contributed by atoms with Crippen LogP contribution in [0.3, 0.4) is 0 Å². The van der Waals surface area contributed by atoms with E-state index in [1.807, 2.05) is 0 Å². The lowest BCUT2D eigenvalue weighted by Gasteiger charge is -2.31. The van der Waals surface area contributed by atoms with Gasteiger partial charge in [0.25, 0.3) is 0 Å². The van der Waals surface area contributed by atoms with Crippen LogP contribution in [0.25, 0.3) is 0 Å². The number of halogens is 4. The number of carbonyl (C=O) groups is 1. The van der Waals surface area contributed by atoms with Gasteiger partial charge >= 0.3 is 6.18 Å². The Hall–Kier alpha value is -2.45. The Balaban J connectivity index is 1.48. The van der Waals surface area contributed by atoms with Gasteiger partial charge in [0.2, 0.25) is 5.91 Å². The molecule has 0 saturated carbocycles. The normalized spacial score (nSPS) is 22.4. The number of hydrogen-bond acceptors (Lipinski definition) is 3. The van der Waals surface area contributed by atoms with E-state index in [0.29, 0.717) is 37.7 Å². The van der Waals surface area contributed by atoms with E-state index in [2.05, 4.69) is 10.2 Å². The predicted octanol–water partition coefficient (Wildman–Crippen LogP) is 4.95. The third-order valence-corrected chi connectivity index (χ3v) is 6.59. The minimum atomic E-state index is -4.41. The molecule has 2 saturated heterocycles. The summed E-state index contributed by atoms with van der Waals surface area (Å²) in [5.74, 6) is -0.405. The van der Waals surface area contributed by atoms with Crippen LogP contribution in [0.2, 0.25) is 0 Å². The zero-order chi connectivity index (χ0) is 23.4. The average Bonchev–Trinajstić information content (AvgIpc) is 3.22. The van der Waals surface area contributed by atoms with Crippen molar-refractivity contribution in [2.24, 2.45) is 11.8 Å². The molecule has 0 unspecified atom stereocenters. The second-order valence-electron chi connectivity index (χ2n) is 8.93. The largest absolute Gasteiger partial charge is 0.416 e. The second-order valence-corrected chi connectivity index (χ2v) is 8.93. The Morgan fingerprint density at radius 3 is 2.52 bits per heavy atom. The number of alkyl halides is 3. The van der Waals surface area contributed by atoms with Gasteiger partial charge in [-0.15, -0.1) is 0 Å². The number of amides is 1. The van der Waals surface area contributed by atoms with Gasteiger partial charge in [-0.2, -0.15) is 13.2 Å². The number of nitrogens with zero attached hydrogens (tertiary/aromatic N) is 1. The Bertz CT molecular complexity index is 942. The van der Waals surface area contributed by atoms with Crippen molar-refractivity contribution in [3.05, 3.63) is 71.0 Å². The second kappa shape index (κ2) is 10.2. The highest BCUT2D eigenvalue weighted by Crippen LogP contribution is 2.39. The monoisotopic (exact) mass is 464 g/mol. The SMILES string of the molecule is O=C(NCc1ccc(F)cc1)[C@@H]1C[C@@H](c2cccc(C(F)(F)F)c2)N(CC2CCOCC2)C1. The van der Waals surface area contributed by atoms with E-state index in [4.69, 9.17) is 4.74 Å². The minimum absolute atomic E-state index is 0.134. The van der Waals surface area contributed by atoms with Gasteiger partial charge in [0, 0.05) is 38.9 Å². The van der Waals surface area contributed by atoms with Crippen LogP contribution in [-0.4, -0.2) is 37.1 Å². The standard InChI is InChI=1S/C25H28F4N2O2/c26-22-6-4-17(5-7-22)14-30-24(32)20-13-23(19-2-1-3-21(12-19)25(27,28)29)31(16-20)15-18-8-10-33-11-9-18/h1-7,12,18,20,23H,8-11,13-16H2,(H,30,32)/t20-,23+/m1/s1. The van der Waals surface area contributed by atoms with Crippen LogP contribution in [0.1, 0.15) is 42.0 Å². The molecule has 4 nitrogen and oxygen atoms in total. The van der Waals surface area contributed by atoms with Crippen LogP contribution in [0.15, 0.2) is 48.5 Å². The van der Waals surface area contributed by atoms with Crippen molar-refractivity contribution >= 4 is 5.91 Å². The maximum atomic E-state index is 13.3. The summed E-state index contributed by atoms with van der Waals surface area (Å²) in [6.45, 7) is 2.88. The van der Waals surface area contributed by atoms with Crippen LogP contribution in [0, 0.1) is 17.7 Å². The van der Waals surface area contributed by atoms with Gasteiger partial charge in [-0.25, -0.2) is 4.39 Å². The molecule has 2 fully saturated rings. The van der Waals surface area contributed by atoms with E-state index < -0.39 is 11.7 Å². The lowest BCUT2D eigenvalue weighted by Crippen LogP contribution is -2.35. The van der Waals surface area contributed by atoms with E-state index in [0.717, 1.165) is 31.0 Å². The number of likely N-dealkylation sites (tertiary alicyclic amines) is 1. The number of benzene rings is 2. The molecule has 0 radical (unpaired) electrons. The molecule has 0 aliphatic carbocycles. The summed E-state index contributed by atoms with van der Waals surface area (Å²) < 4.78 is 58.4. The van der Waals surface area contributed by atoms with Crippen molar-refractivity contribution in [3.63, 3.8) is 0 Å². The molecule has 2 aliphatic rings. The fourth-order valence-corrected chi connectivity index (χ4v) is 4.76. The molecule has 33 heavy (non-hydrogen) atoms. The van der Waals surface area contributed by atoms with Crippen LogP contribution in [0.4, 0.5) is 17.6 Å². The molecule has 0 aromatic heterocycles. The summed E-state index contributed by atoms with van der Waals surface area (Å²) in [4.78, 5) is 15.1. The molecule has 178 valence electrons. The predicted molar refractivity (Wildman–Crippen MR) is 116 cm³/mol. The molecule has 2 aliphatic heterocycles. The first-order valence-corrected chi connectivity index (χ1v) is 11.3. The van der Waals surface area contributed by atoms with Crippen molar-refractivity contribution in [2.75, 3.05) is 26.3 Å². The quantitative estimate of drug-likeness (QED) is 0.615. The summed E-state index contributed by atoms with van der Waals surface area (Å²) in [7, 11) is 0. The van der Waals surface area contributed by atoms with E-state index >= 15 is 0 Å². The molecule has 2 heterocycles. The van der Waals surface area contributed by atoms with Gasteiger partial charge in [-0.3, -0.25) is 9.69 Å². The van der Waals surface area contributed by atoms with Crippen molar-refractivity contribution in [1.82, 2.24) is 10.2 Å². The smallest absolute Gasteiger partial charge is 0.381 e. The third kappa shape index (κ3) is 6.12. The van der Waals surface area contributed by atoms with E-state index in [-0.39, 0.29) is 30.2 Å². The van der Waals surface area contributed by atoms with Crippen LogP contribution in [0.5, 0.6) is 0 Å². The first-order valence-electron chi connectivity index (χ1n) is 11.3. The third-order valence-electron chi connectivity index (χ3n) is 6.59. The van der Waals surface area contributed by atoms with Crippen molar-refractivity contribution < 1.29 is 27.1 Å². The molecule has 2 aromatic carbocycles. The average molecular weight is 465 g/mol. The number of hydrogen-bond donors (Lipinski definition) is 1. The highest BCUT2D eigenvalue weighted by Gasteiger charge is 2.39. The summed E-state index contributed by atoms with van der Waals surface area (Å²) in [5.41, 5.74) is 0.706. The minimum Gasteiger partial charge on any atom is -0.381 e. The highest BCUT2D eigenvalue weighted by atomic mass is 19.4. The summed E-state index contributed by atoms with van der Waals surface area (Å²) in [6.07, 6.45) is -2.13. The molecular weight excluding hydrogens is 436 g/mol. The van der Waals surface area contributed by atoms with Crippen molar-refractivity contribution in [1.29, 1.82) is 0 Å². The Morgan fingerprint density at radius 2 is 1.82 bits per heavy atom. The topological polar surface area (TPSA) is 41.6 Å². The van der Waals surface area contributed by atoms with Crippen LogP contribution >= 0.6 is 0 Å². The van der Waals surface area contributed by atoms with Gasteiger partial charge in [0.1, 0.15) is 5.82 Å². The summed E-state index contributed by atoms with van der Waals surface area (Å²) >= 11 is 0. The number of nitrogens with one attached hydrogen (secondary N) is 1. The van der Waals surface area contributed by atoms with E-state index in [1.54, 1.807) is 18.2 Å². The van der Waals surface area contributed by atoms with Crippen molar-refractivity contribution in [3.8, 4) is 0 Å². The molecule has 2 aromatic rings. The molecule has 0 spiro atoms. The molecule has 0 bridgehead atoms. The fourth-order valence-electron chi connectivity index (χ4n) is 4.76. The first kappa shape index (κ1) is 23.7. The van der Waals surface area contributed by atoms with Crippen molar-refractivity contribution in [2.45, 2.75) is 38.0 Å². The zero-order valence-corrected chi connectivity index (χ0v) is 18.3. The molecule has 1 amide bonds. The van der Waals surface area contributed by atoms with Crippen LogP contribution in [-0.2, 0) is 22.3 Å². The van der Waals surface area contributed by atoms with Gasteiger partial charge in [0.15, 0.2) is 0 Å². The maximum absolute atomic E-state index is 13.3. The zero-order valence-electron chi connectivity index (χ0n) is 18.3. The molecule has 8 heteroatoms. The Kier molecular flexibility index (Phi) is 7.34.